The second-order valence-corrected chi connectivity index (χ2v) is 7.38. The van der Waals surface area contributed by atoms with Crippen LogP contribution in [0.15, 0.2) is 39.5 Å². The van der Waals surface area contributed by atoms with E-state index in [1.807, 2.05) is 23.1 Å². The van der Waals surface area contributed by atoms with Crippen LogP contribution in [0.25, 0.3) is 11.0 Å². The molecule has 138 valence electrons. The lowest BCUT2D eigenvalue weighted by Crippen LogP contribution is -2.32. The van der Waals surface area contributed by atoms with Gasteiger partial charge in [0.05, 0.1) is 12.1 Å². The fourth-order valence-corrected chi connectivity index (χ4v) is 4.16. The Kier molecular flexibility index (Phi) is 3.71. The zero-order chi connectivity index (χ0) is 18.5. The molecule has 0 saturated carbocycles. The number of anilines is 1. The lowest BCUT2D eigenvalue weighted by molar-refractivity contribution is 0.289. The van der Waals surface area contributed by atoms with Crippen molar-refractivity contribution in [2.75, 3.05) is 11.6 Å². The summed E-state index contributed by atoms with van der Waals surface area (Å²) in [6, 6.07) is 9.13. The number of benzene rings is 2. The van der Waals surface area contributed by atoms with E-state index in [0.29, 0.717) is 24.4 Å². The second-order valence-electron chi connectivity index (χ2n) is 7.38. The topological polar surface area (TPSA) is 42.7 Å². The molecule has 2 heterocycles. The van der Waals surface area contributed by atoms with Gasteiger partial charge in [-0.3, -0.25) is 0 Å². The molecule has 27 heavy (non-hydrogen) atoms. The van der Waals surface area contributed by atoms with Crippen molar-refractivity contribution in [3.05, 3.63) is 68.8 Å². The van der Waals surface area contributed by atoms with Crippen LogP contribution in [0.3, 0.4) is 0 Å². The van der Waals surface area contributed by atoms with Gasteiger partial charge in [-0.15, -0.1) is 0 Å². The monoisotopic (exact) mass is 365 g/mol. The van der Waals surface area contributed by atoms with Crippen molar-refractivity contribution in [3.8, 4) is 5.75 Å². The first kappa shape index (κ1) is 16.4. The van der Waals surface area contributed by atoms with Gasteiger partial charge in [-0.05, 0) is 68.0 Å². The van der Waals surface area contributed by atoms with Crippen LogP contribution in [-0.2, 0) is 19.4 Å². The van der Waals surface area contributed by atoms with Gasteiger partial charge in [-0.2, -0.15) is 0 Å². The van der Waals surface area contributed by atoms with Crippen LogP contribution >= 0.6 is 0 Å². The van der Waals surface area contributed by atoms with Crippen molar-refractivity contribution in [1.29, 1.82) is 0 Å². The maximum Gasteiger partial charge on any atom is 0.339 e. The zero-order valence-corrected chi connectivity index (χ0v) is 15.2. The van der Waals surface area contributed by atoms with Gasteiger partial charge >= 0.3 is 5.63 Å². The van der Waals surface area contributed by atoms with Crippen LogP contribution < -0.4 is 15.3 Å². The third-order valence-electron chi connectivity index (χ3n) is 5.70. The molecule has 0 amide bonds. The molecule has 0 N–H and O–H groups in total. The molecule has 1 aromatic heterocycles. The predicted octanol–water partition coefficient (Wildman–Crippen LogP) is 4.48. The Bertz CT molecular complexity index is 1120. The number of hydrogen-bond acceptors (Lipinski definition) is 4. The van der Waals surface area contributed by atoms with E-state index in [4.69, 9.17) is 9.15 Å². The van der Waals surface area contributed by atoms with E-state index in [1.165, 1.54) is 6.07 Å². The first-order valence-corrected chi connectivity index (χ1v) is 9.36. The van der Waals surface area contributed by atoms with Crippen LogP contribution in [0, 0.1) is 12.7 Å². The molecule has 0 saturated heterocycles. The Morgan fingerprint density at radius 2 is 1.85 bits per heavy atom. The number of aryl methyl sites for hydroxylation is 2. The lowest BCUT2D eigenvalue weighted by atomic mass is 9.90. The van der Waals surface area contributed by atoms with Crippen molar-refractivity contribution >= 4 is 16.7 Å². The van der Waals surface area contributed by atoms with Crippen LogP contribution in [0.4, 0.5) is 10.1 Å². The fourth-order valence-electron chi connectivity index (χ4n) is 4.16. The summed E-state index contributed by atoms with van der Waals surface area (Å²) in [5.74, 6) is 0.488. The number of rotatable bonds is 1. The van der Waals surface area contributed by atoms with Crippen molar-refractivity contribution in [1.82, 2.24) is 0 Å². The third-order valence-corrected chi connectivity index (χ3v) is 5.70. The maximum absolute atomic E-state index is 14.0. The smallest absolute Gasteiger partial charge is 0.339 e. The Labute approximate surface area is 156 Å². The summed E-state index contributed by atoms with van der Waals surface area (Å²) in [4.78, 5) is 14.5. The molecule has 0 unspecified atom stereocenters. The summed E-state index contributed by atoms with van der Waals surface area (Å²) < 4.78 is 25.6. The van der Waals surface area contributed by atoms with E-state index in [0.717, 1.165) is 59.2 Å². The number of nitrogens with zero attached hydrogens (tertiary/aromatic N) is 1. The minimum absolute atomic E-state index is 0.232. The highest BCUT2D eigenvalue weighted by Crippen LogP contribution is 2.36. The van der Waals surface area contributed by atoms with Crippen molar-refractivity contribution in [2.24, 2.45) is 0 Å². The average molecular weight is 365 g/mol. The van der Waals surface area contributed by atoms with Gasteiger partial charge in [0.1, 0.15) is 17.1 Å². The predicted molar refractivity (Wildman–Crippen MR) is 102 cm³/mol. The molecule has 4 nitrogen and oxygen atoms in total. The first-order chi connectivity index (χ1) is 13.1. The zero-order valence-electron chi connectivity index (χ0n) is 15.2. The average Bonchev–Trinajstić information content (AvgIpc) is 2.70. The number of hydrogen-bond donors (Lipinski definition) is 0. The second kappa shape index (κ2) is 6.12. The fraction of sp³-hybridized carbons (Fsp3) is 0.318. The molecule has 0 fully saturated rings. The van der Waals surface area contributed by atoms with Gasteiger partial charge in [-0.1, -0.05) is 6.07 Å². The standard InChI is InChI=1S/C22H20FNO3/c1-13-6-7-14(10-19(13)23)24-11-18-20(26-12-24)9-8-16-15-4-2-3-5-17(15)22(25)27-21(16)18/h6-10H,2-5,11-12H2,1H3. The van der Waals surface area contributed by atoms with E-state index in [9.17, 15) is 9.18 Å². The molecular weight excluding hydrogens is 345 g/mol. The molecular formula is C22H20FNO3. The van der Waals surface area contributed by atoms with E-state index in [-0.39, 0.29) is 11.4 Å². The molecule has 0 atom stereocenters. The van der Waals surface area contributed by atoms with Crippen LogP contribution in [0.1, 0.15) is 35.1 Å². The molecule has 3 aromatic rings. The van der Waals surface area contributed by atoms with E-state index < -0.39 is 0 Å². The molecule has 2 aromatic carbocycles. The Balaban J connectivity index is 1.63. The quantitative estimate of drug-likeness (QED) is 0.597. The normalized spacial score (nSPS) is 16.0. The lowest BCUT2D eigenvalue weighted by Gasteiger charge is -2.31. The first-order valence-electron chi connectivity index (χ1n) is 9.36. The van der Waals surface area contributed by atoms with Crippen molar-refractivity contribution in [2.45, 2.75) is 39.2 Å². The molecule has 0 bridgehead atoms. The summed E-state index contributed by atoms with van der Waals surface area (Å²) in [5.41, 5.74) is 4.53. The summed E-state index contributed by atoms with van der Waals surface area (Å²) >= 11 is 0. The van der Waals surface area contributed by atoms with Gasteiger partial charge in [0.25, 0.3) is 0 Å². The van der Waals surface area contributed by atoms with E-state index in [1.54, 1.807) is 13.0 Å². The Morgan fingerprint density at radius 1 is 1.04 bits per heavy atom. The molecule has 5 heteroatoms. The van der Waals surface area contributed by atoms with Gasteiger partial charge in [0.2, 0.25) is 0 Å². The summed E-state index contributed by atoms with van der Waals surface area (Å²) in [5, 5.41) is 1.00. The molecule has 1 aliphatic carbocycles. The highest BCUT2D eigenvalue weighted by Gasteiger charge is 2.25. The number of halogens is 1. The Morgan fingerprint density at radius 3 is 2.67 bits per heavy atom. The van der Waals surface area contributed by atoms with Crippen LogP contribution in [0.2, 0.25) is 0 Å². The molecule has 5 rings (SSSR count). The number of ether oxygens (including phenoxy) is 1. The molecule has 1 aliphatic heterocycles. The SMILES string of the molecule is Cc1ccc(N2COc3ccc4c5c(c(=O)oc4c3C2)CCCC5)cc1F. The summed E-state index contributed by atoms with van der Waals surface area (Å²) in [6.07, 6.45) is 3.82. The molecule has 0 radical (unpaired) electrons. The highest BCUT2D eigenvalue weighted by molar-refractivity contribution is 5.86. The van der Waals surface area contributed by atoms with Crippen molar-refractivity contribution < 1.29 is 13.5 Å². The van der Waals surface area contributed by atoms with E-state index >= 15 is 0 Å². The third kappa shape index (κ3) is 2.60. The summed E-state index contributed by atoms with van der Waals surface area (Å²) in [7, 11) is 0. The highest BCUT2D eigenvalue weighted by atomic mass is 19.1. The molecule has 0 spiro atoms. The number of fused-ring (bicyclic) bond motifs is 5. The largest absolute Gasteiger partial charge is 0.473 e. The van der Waals surface area contributed by atoms with Crippen LogP contribution in [-0.4, -0.2) is 6.73 Å². The van der Waals surface area contributed by atoms with E-state index in [2.05, 4.69) is 0 Å². The maximum atomic E-state index is 14.0. The van der Waals surface area contributed by atoms with Gasteiger partial charge in [0, 0.05) is 16.6 Å². The summed E-state index contributed by atoms with van der Waals surface area (Å²) in [6.45, 7) is 2.58. The van der Waals surface area contributed by atoms with Gasteiger partial charge in [-0.25, -0.2) is 9.18 Å². The minimum atomic E-state index is -0.239. The molecule has 2 aliphatic rings. The van der Waals surface area contributed by atoms with Crippen LogP contribution in [0.5, 0.6) is 5.75 Å². The van der Waals surface area contributed by atoms with Crippen molar-refractivity contribution in [3.63, 3.8) is 0 Å². The Hall–Kier alpha value is -2.82. The van der Waals surface area contributed by atoms with Gasteiger partial charge < -0.3 is 14.1 Å². The minimum Gasteiger partial charge on any atom is -0.473 e. The van der Waals surface area contributed by atoms with Gasteiger partial charge in [0.15, 0.2) is 6.73 Å².